The summed E-state index contributed by atoms with van der Waals surface area (Å²) in [5.41, 5.74) is 0.845. The number of rotatable bonds is 2. The Morgan fingerprint density at radius 1 is 1.42 bits per heavy atom. The summed E-state index contributed by atoms with van der Waals surface area (Å²) in [4.78, 5) is 12.0. The molecule has 2 N–H and O–H groups in total. The highest BCUT2D eigenvalue weighted by Crippen LogP contribution is 2.31. The average molecular weight is 305 g/mol. The fraction of sp³-hybridized carbons (Fsp3) is 0.500. The van der Waals surface area contributed by atoms with Gasteiger partial charge >= 0.3 is 0 Å². The van der Waals surface area contributed by atoms with Crippen LogP contribution in [-0.2, 0) is 4.74 Å². The number of aromatic nitrogens is 4. The van der Waals surface area contributed by atoms with E-state index < -0.39 is 18.4 Å². The van der Waals surface area contributed by atoms with Crippen LogP contribution in [0, 0.1) is 0 Å². The Kier molecular flexibility index (Phi) is 3.32. The van der Waals surface area contributed by atoms with Crippen LogP contribution in [0.2, 0.25) is 10.4 Å². The molecule has 0 aromatic carbocycles. The first-order valence-corrected chi connectivity index (χ1v) is 6.35. The summed E-state index contributed by atoms with van der Waals surface area (Å²) in [7, 11) is 0. The number of nitrogens with zero attached hydrogens (tertiary/aromatic N) is 4. The third-order valence-electron chi connectivity index (χ3n) is 3.05. The molecule has 102 valence electrons. The zero-order chi connectivity index (χ0) is 13.6. The fourth-order valence-electron chi connectivity index (χ4n) is 2.12. The van der Waals surface area contributed by atoms with Gasteiger partial charge in [0.2, 0.25) is 5.28 Å². The lowest BCUT2D eigenvalue weighted by molar-refractivity contribution is -0.0432. The predicted molar refractivity (Wildman–Crippen MR) is 67.0 cm³/mol. The van der Waals surface area contributed by atoms with Crippen molar-refractivity contribution in [1.82, 2.24) is 19.5 Å². The van der Waals surface area contributed by atoms with E-state index in [1.807, 2.05) is 0 Å². The van der Waals surface area contributed by atoms with Crippen LogP contribution in [-0.4, -0.2) is 48.5 Å². The van der Waals surface area contributed by atoms with Crippen molar-refractivity contribution in [3.8, 4) is 0 Å². The molecule has 0 bridgehead atoms. The molecule has 1 saturated heterocycles. The Balaban J connectivity index is 2.02. The van der Waals surface area contributed by atoms with E-state index in [-0.39, 0.29) is 17.0 Å². The SMILES string of the molecule is OC[C@H]1OC(n2cnc3c(Cl)nc(Cl)nc32)C[C@@H]1O. The van der Waals surface area contributed by atoms with Crippen LogP contribution in [0.15, 0.2) is 6.33 Å². The van der Waals surface area contributed by atoms with E-state index in [1.54, 1.807) is 4.57 Å². The molecule has 0 aliphatic carbocycles. The Morgan fingerprint density at radius 2 is 2.21 bits per heavy atom. The highest BCUT2D eigenvalue weighted by Gasteiger charge is 2.35. The molecule has 7 nitrogen and oxygen atoms in total. The standard InChI is InChI=1S/C10H10Cl2N4O3/c11-8-7-9(15-10(12)14-8)16(3-13-7)6-1-4(18)5(2-17)19-6/h3-6,17-18H,1-2H2/t4-,5+,6?/m0/s1. The molecule has 1 unspecified atom stereocenters. The van der Waals surface area contributed by atoms with E-state index in [9.17, 15) is 5.11 Å². The minimum absolute atomic E-state index is 0.0107. The quantitative estimate of drug-likeness (QED) is 0.629. The van der Waals surface area contributed by atoms with Crippen LogP contribution in [0.5, 0.6) is 0 Å². The number of hydrogen-bond acceptors (Lipinski definition) is 6. The molecule has 9 heteroatoms. The van der Waals surface area contributed by atoms with Crippen molar-refractivity contribution >= 4 is 34.4 Å². The highest BCUT2D eigenvalue weighted by molar-refractivity contribution is 6.35. The molecular weight excluding hydrogens is 295 g/mol. The summed E-state index contributed by atoms with van der Waals surface area (Å²) >= 11 is 11.7. The fourth-order valence-corrected chi connectivity index (χ4v) is 2.54. The molecule has 0 amide bonds. The van der Waals surface area contributed by atoms with Gasteiger partial charge in [-0.1, -0.05) is 11.6 Å². The molecule has 3 atom stereocenters. The number of fused-ring (bicyclic) bond motifs is 1. The van der Waals surface area contributed by atoms with Gasteiger partial charge in [-0.25, -0.2) is 9.97 Å². The molecule has 0 radical (unpaired) electrons. The van der Waals surface area contributed by atoms with Crippen molar-refractivity contribution in [2.24, 2.45) is 0 Å². The summed E-state index contributed by atoms with van der Waals surface area (Å²) in [5.74, 6) is 0. The van der Waals surface area contributed by atoms with Crippen molar-refractivity contribution in [2.45, 2.75) is 24.9 Å². The molecule has 3 rings (SSSR count). The van der Waals surface area contributed by atoms with E-state index in [0.717, 1.165) is 0 Å². The zero-order valence-electron chi connectivity index (χ0n) is 9.57. The lowest BCUT2D eigenvalue weighted by Crippen LogP contribution is -2.24. The minimum Gasteiger partial charge on any atom is -0.394 e. The lowest BCUT2D eigenvalue weighted by Gasteiger charge is -2.13. The van der Waals surface area contributed by atoms with E-state index in [1.165, 1.54) is 6.33 Å². The van der Waals surface area contributed by atoms with Crippen LogP contribution in [0.1, 0.15) is 12.6 Å². The van der Waals surface area contributed by atoms with Crippen LogP contribution in [0.3, 0.4) is 0 Å². The summed E-state index contributed by atoms with van der Waals surface area (Å²) in [6.45, 7) is -0.249. The van der Waals surface area contributed by atoms with Gasteiger partial charge in [-0.2, -0.15) is 4.98 Å². The Labute approximate surface area is 117 Å². The second-order valence-corrected chi connectivity index (χ2v) is 4.92. The largest absolute Gasteiger partial charge is 0.394 e. The molecule has 1 aliphatic heterocycles. The zero-order valence-corrected chi connectivity index (χ0v) is 11.1. The van der Waals surface area contributed by atoms with E-state index >= 15 is 0 Å². The topological polar surface area (TPSA) is 93.3 Å². The van der Waals surface area contributed by atoms with Crippen LogP contribution < -0.4 is 0 Å². The first kappa shape index (κ1) is 13.0. The van der Waals surface area contributed by atoms with Gasteiger partial charge in [-0.3, -0.25) is 4.57 Å². The van der Waals surface area contributed by atoms with Gasteiger partial charge in [-0.05, 0) is 11.6 Å². The maximum atomic E-state index is 9.74. The third kappa shape index (κ3) is 2.17. The molecule has 19 heavy (non-hydrogen) atoms. The number of ether oxygens (including phenoxy) is 1. The second-order valence-electron chi connectivity index (χ2n) is 4.22. The molecule has 3 heterocycles. The number of hydrogen-bond donors (Lipinski definition) is 2. The van der Waals surface area contributed by atoms with Crippen molar-refractivity contribution in [1.29, 1.82) is 0 Å². The van der Waals surface area contributed by atoms with Gasteiger partial charge in [0.1, 0.15) is 17.8 Å². The maximum Gasteiger partial charge on any atom is 0.225 e. The Hall–Kier alpha value is -0.990. The molecule has 1 fully saturated rings. The van der Waals surface area contributed by atoms with Crippen molar-refractivity contribution in [3.05, 3.63) is 16.8 Å². The van der Waals surface area contributed by atoms with Crippen molar-refractivity contribution < 1.29 is 14.9 Å². The molecule has 0 spiro atoms. The average Bonchev–Trinajstić information content (AvgIpc) is 2.92. The Morgan fingerprint density at radius 3 is 2.89 bits per heavy atom. The predicted octanol–water partition coefficient (Wildman–Crippen LogP) is 0.774. The minimum atomic E-state index is -0.736. The molecule has 0 saturated carbocycles. The number of halogens is 2. The smallest absolute Gasteiger partial charge is 0.225 e. The van der Waals surface area contributed by atoms with Gasteiger partial charge in [0.25, 0.3) is 0 Å². The monoisotopic (exact) mass is 304 g/mol. The van der Waals surface area contributed by atoms with E-state index in [0.29, 0.717) is 17.6 Å². The normalized spacial score (nSPS) is 27.3. The highest BCUT2D eigenvalue weighted by atomic mass is 35.5. The number of aliphatic hydroxyl groups is 2. The van der Waals surface area contributed by atoms with Crippen molar-refractivity contribution in [3.63, 3.8) is 0 Å². The third-order valence-corrected chi connectivity index (χ3v) is 3.48. The molecule has 1 aliphatic rings. The maximum absolute atomic E-state index is 9.74. The van der Waals surface area contributed by atoms with Gasteiger partial charge in [0.05, 0.1) is 19.0 Å². The lowest BCUT2D eigenvalue weighted by atomic mass is 10.2. The first-order valence-electron chi connectivity index (χ1n) is 5.60. The molecule has 2 aromatic heterocycles. The van der Waals surface area contributed by atoms with E-state index in [4.69, 9.17) is 33.0 Å². The van der Waals surface area contributed by atoms with Crippen LogP contribution >= 0.6 is 23.2 Å². The summed E-state index contributed by atoms with van der Waals surface area (Å²) in [6.07, 6.45) is 0.00360. The Bertz CT molecular complexity index is 620. The summed E-state index contributed by atoms with van der Waals surface area (Å²) < 4.78 is 7.15. The molecule has 2 aromatic rings. The second kappa shape index (κ2) is 4.84. The van der Waals surface area contributed by atoms with Crippen LogP contribution in [0.4, 0.5) is 0 Å². The number of imidazole rings is 1. The van der Waals surface area contributed by atoms with Gasteiger partial charge in [0.15, 0.2) is 10.8 Å². The summed E-state index contributed by atoms with van der Waals surface area (Å²) in [5, 5.41) is 19.0. The van der Waals surface area contributed by atoms with Crippen LogP contribution in [0.25, 0.3) is 11.2 Å². The number of aliphatic hydroxyl groups excluding tert-OH is 2. The van der Waals surface area contributed by atoms with E-state index in [2.05, 4.69) is 15.0 Å². The first-order chi connectivity index (χ1) is 9.10. The van der Waals surface area contributed by atoms with Gasteiger partial charge < -0.3 is 14.9 Å². The van der Waals surface area contributed by atoms with Crippen molar-refractivity contribution in [2.75, 3.05) is 6.61 Å². The van der Waals surface area contributed by atoms with Gasteiger partial charge in [-0.15, -0.1) is 0 Å². The van der Waals surface area contributed by atoms with Gasteiger partial charge in [0, 0.05) is 6.42 Å². The molecular formula is C10H10Cl2N4O3. The summed E-state index contributed by atoms with van der Waals surface area (Å²) in [6, 6.07) is 0.